The Labute approximate surface area is 133 Å². The Morgan fingerprint density at radius 1 is 1.39 bits per heavy atom. The van der Waals surface area contributed by atoms with Crippen LogP contribution in [0.1, 0.15) is 11.4 Å². The standard InChI is InChI=1S/C12H14F3N5O2S/c1-7-5-8(2)20-9(17-7)18-10(19-20)23-4-3-16-11(21)22-6-12(13,14)15/h5H,3-4,6H2,1-2H3,(H,16,21). The number of halogens is 3. The van der Waals surface area contributed by atoms with Gasteiger partial charge in [0.25, 0.3) is 5.78 Å². The van der Waals surface area contributed by atoms with E-state index < -0.39 is 18.9 Å². The van der Waals surface area contributed by atoms with Crippen LogP contribution in [0.15, 0.2) is 11.2 Å². The second-order valence-corrected chi connectivity index (χ2v) is 5.67. The van der Waals surface area contributed by atoms with Gasteiger partial charge in [0.05, 0.1) is 0 Å². The first-order valence-electron chi connectivity index (χ1n) is 6.56. The summed E-state index contributed by atoms with van der Waals surface area (Å²) < 4.78 is 41.2. The van der Waals surface area contributed by atoms with E-state index >= 15 is 0 Å². The van der Waals surface area contributed by atoms with E-state index in [4.69, 9.17) is 0 Å². The molecule has 23 heavy (non-hydrogen) atoms. The summed E-state index contributed by atoms with van der Waals surface area (Å²) >= 11 is 1.25. The number of nitrogens with zero attached hydrogens (tertiary/aromatic N) is 4. The fourth-order valence-corrected chi connectivity index (χ4v) is 2.38. The molecule has 0 saturated heterocycles. The molecular formula is C12H14F3N5O2S. The number of aromatic nitrogens is 4. The molecule has 11 heteroatoms. The van der Waals surface area contributed by atoms with Crippen LogP contribution in [0.5, 0.6) is 0 Å². The molecule has 2 aromatic rings. The number of alkyl carbamates (subject to hydrolysis) is 1. The molecule has 0 aliphatic rings. The third kappa shape index (κ3) is 5.27. The van der Waals surface area contributed by atoms with Crippen molar-refractivity contribution in [2.24, 2.45) is 0 Å². The molecular weight excluding hydrogens is 335 g/mol. The molecule has 2 rings (SSSR count). The van der Waals surface area contributed by atoms with Gasteiger partial charge in [0.2, 0.25) is 5.16 Å². The molecule has 0 spiro atoms. The number of fused-ring (bicyclic) bond motifs is 1. The molecule has 2 heterocycles. The Morgan fingerprint density at radius 2 is 2.13 bits per heavy atom. The average molecular weight is 349 g/mol. The van der Waals surface area contributed by atoms with Crippen LogP contribution in [-0.4, -0.2) is 50.8 Å². The van der Waals surface area contributed by atoms with Crippen molar-refractivity contribution < 1.29 is 22.7 Å². The molecule has 126 valence electrons. The zero-order chi connectivity index (χ0) is 17.0. The molecule has 0 unspecified atom stereocenters. The summed E-state index contributed by atoms with van der Waals surface area (Å²) in [7, 11) is 0. The predicted octanol–water partition coefficient (Wildman–Crippen LogP) is 2.12. The number of amides is 1. The maximum absolute atomic E-state index is 11.9. The van der Waals surface area contributed by atoms with Crippen LogP contribution in [-0.2, 0) is 4.74 Å². The molecule has 0 aliphatic heterocycles. The largest absolute Gasteiger partial charge is 0.440 e. The smallest absolute Gasteiger partial charge is 0.422 e. The lowest BCUT2D eigenvalue weighted by Crippen LogP contribution is -2.30. The maximum atomic E-state index is 11.9. The van der Waals surface area contributed by atoms with Gasteiger partial charge in [-0.1, -0.05) is 11.8 Å². The normalized spacial score (nSPS) is 11.7. The van der Waals surface area contributed by atoms with E-state index in [1.54, 1.807) is 4.52 Å². The van der Waals surface area contributed by atoms with E-state index in [2.05, 4.69) is 25.1 Å². The van der Waals surface area contributed by atoms with Crippen molar-refractivity contribution in [1.82, 2.24) is 24.9 Å². The van der Waals surface area contributed by atoms with Gasteiger partial charge < -0.3 is 10.1 Å². The molecule has 0 aromatic carbocycles. The Balaban J connectivity index is 1.78. The van der Waals surface area contributed by atoms with Gasteiger partial charge in [-0.05, 0) is 19.9 Å². The van der Waals surface area contributed by atoms with Crippen LogP contribution in [0.3, 0.4) is 0 Å². The highest BCUT2D eigenvalue weighted by Crippen LogP contribution is 2.15. The topological polar surface area (TPSA) is 81.4 Å². The SMILES string of the molecule is Cc1cc(C)n2nc(SCCNC(=O)OCC(F)(F)F)nc2n1. The Kier molecular flexibility index (Phi) is 5.29. The minimum atomic E-state index is -4.53. The molecule has 2 aromatic heterocycles. The van der Waals surface area contributed by atoms with E-state index in [1.807, 2.05) is 19.9 Å². The number of thioether (sulfide) groups is 1. The van der Waals surface area contributed by atoms with E-state index in [9.17, 15) is 18.0 Å². The van der Waals surface area contributed by atoms with Gasteiger partial charge in [-0.2, -0.15) is 18.2 Å². The number of alkyl halides is 3. The highest BCUT2D eigenvalue weighted by Gasteiger charge is 2.29. The summed E-state index contributed by atoms with van der Waals surface area (Å²) in [6.45, 7) is 2.25. The van der Waals surface area contributed by atoms with Crippen LogP contribution >= 0.6 is 11.8 Å². The van der Waals surface area contributed by atoms with Gasteiger partial charge in [0.15, 0.2) is 6.61 Å². The number of hydrogen-bond donors (Lipinski definition) is 1. The van der Waals surface area contributed by atoms with Crippen molar-refractivity contribution in [2.75, 3.05) is 18.9 Å². The molecule has 0 saturated carbocycles. The van der Waals surface area contributed by atoms with E-state index in [0.29, 0.717) is 16.7 Å². The Bertz CT molecular complexity index is 704. The fraction of sp³-hybridized carbons (Fsp3) is 0.500. The number of rotatable bonds is 5. The molecule has 1 amide bonds. The van der Waals surface area contributed by atoms with E-state index in [-0.39, 0.29) is 6.54 Å². The first kappa shape index (κ1) is 17.3. The third-order valence-electron chi connectivity index (χ3n) is 2.57. The second kappa shape index (κ2) is 7.02. The lowest BCUT2D eigenvalue weighted by molar-refractivity contribution is -0.160. The number of ether oxygens (including phenoxy) is 1. The summed E-state index contributed by atoms with van der Waals surface area (Å²) in [4.78, 5) is 19.5. The average Bonchev–Trinajstić information content (AvgIpc) is 2.83. The number of aryl methyl sites for hydroxylation is 2. The molecule has 0 bridgehead atoms. The van der Waals surface area contributed by atoms with Crippen LogP contribution in [0, 0.1) is 13.8 Å². The monoisotopic (exact) mass is 349 g/mol. The minimum absolute atomic E-state index is 0.127. The lowest BCUT2D eigenvalue weighted by atomic mass is 10.4. The summed E-state index contributed by atoms with van der Waals surface area (Å²) in [5, 5.41) is 6.94. The second-order valence-electron chi connectivity index (χ2n) is 4.61. The number of carbonyl (C=O) groups excluding carboxylic acids is 1. The number of hydrogen-bond acceptors (Lipinski definition) is 6. The molecule has 0 atom stereocenters. The summed E-state index contributed by atoms with van der Waals surface area (Å²) in [5.74, 6) is 0.860. The van der Waals surface area contributed by atoms with Crippen LogP contribution < -0.4 is 5.32 Å². The predicted molar refractivity (Wildman–Crippen MR) is 76.4 cm³/mol. The zero-order valence-electron chi connectivity index (χ0n) is 12.3. The zero-order valence-corrected chi connectivity index (χ0v) is 13.2. The summed E-state index contributed by atoms with van der Waals surface area (Å²) in [5.41, 5.74) is 1.72. The van der Waals surface area contributed by atoms with Crippen molar-refractivity contribution in [3.8, 4) is 0 Å². The fourth-order valence-electron chi connectivity index (χ4n) is 1.70. The van der Waals surface area contributed by atoms with Gasteiger partial charge >= 0.3 is 12.3 Å². The molecule has 7 nitrogen and oxygen atoms in total. The molecule has 0 fully saturated rings. The van der Waals surface area contributed by atoms with E-state index in [1.165, 1.54) is 11.8 Å². The first-order chi connectivity index (χ1) is 10.7. The van der Waals surface area contributed by atoms with E-state index in [0.717, 1.165) is 11.4 Å². The summed E-state index contributed by atoms with van der Waals surface area (Å²) in [6.07, 6.45) is -5.64. The molecule has 0 aliphatic carbocycles. The van der Waals surface area contributed by atoms with Crippen LogP contribution in [0.2, 0.25) is 0 Å². The van der Waals surface area contributed by atoms with Gasteiger partial charge in [-0.3, -0.25) is 0 Å². The number of carbonyl (C=O) groups is 1. The molecule has 1 N–H and O–H groups in total. The van der Waals surface area contributed by atoms with Crippen LogP contribution in [0.25, 0.3) is 5.78 Å². The van der Waals surface area contributed by atoms with Crippen molar-refractivity contribution in [1.29, 1.82) is 0 Å². The maximum Gasteiger partial charge on any atom is 0.422 e. The minimum Gasteiger partial charge on any atom is -0.440 e. The van der Waals surface area contributed by atoms with Crippen molar-refractivity contribution in [3.05, 3.63) is 17.5 Å². The van der Waals surface area contributed by atoms with Crippen molar-refractivity contribution >= 4 is 23.6 Å². The first-order valence-corrected chi connectivity index (χ1v) is 7.54. The van der Waals surface area contributed by atoms with Gasteiger partial charge in [-0.15, -0.1) is 5.10 Å². The Morgan fingerprint density at radius 3 is 2.83 bits per heavy atom. The molecule has 0 radical (unpaired) electrons. The van der Waals surface area contributed by atoms with Gasteiger partial charge in [-0.25, -0.2) is 14.3 Å². The van der Waals surface area contributed by atoms with Gasteiger partial charge in [0.1, 0.15) is 0 Å². The van der Waals surface area contributed by atoms with Crippen molar-refractivity contribution in [2.45, 2.75) is 25.2 Å². The summed E-state index contributed by atoms with van der Waals surface area (Å²) in [6, 6.07) is 1.87. The van der Waals surface area contributed by atoms with Crippen molar-refractivity contribution in [3.63, 3.8) is 0 Å². The lowest BCUT2D eigenvalue weighted by Gasteiger charge is -2.08. The Hall–Kier alpha value is -2.04. The third-order valence-corrected chi connectivity index (χ3v) is 3.41. The number of nitrogens with one attached hydrogen (secondary N) is 1. The van der Waals surface area contributed by atoms with Gasteiger partial charge in [0, 0.05) is 23.7 Å². The highest BCUT2D eigenvalue weighted by atomic mass is 32.2. The quantitative estimate of drug-likeness (QED) is 0.658. The van der Waals surface area contributed by atoms with Crippen LogP contribution in [0.4, 0.5) is 18.0 Å². The highest BCUT2D eigenvalue weighted by molar-refractivity contribution is 7.99.